The molecule has 1 fully saturated rings. The summed E-state index contributed by atoms with van der Waals surface area (Å²) < 4.78 is 0. The van der Waals surface area contributed by atoms with Crippen LogP contribution in [0.1, 0.15) is 58.8 Å². The summed E-state index contributed by atoms with van der Waals surface area (Å²) in [5.74, 6) is 2.16. The lowest BCUT2D eigenvalue weighted by Gasteiger charge is -2.24. The Bertz CT molecular complexity index is 164. The van der Waals surface area contributed by atoms with Crippen molar-refractivity contribution in [2.75, 3.05) is 12.8 Å². The molecule has 1 atom stereocenters. The Morgan fingerprint density at radius 3 is 2.38 bits per heavy atom. The molecule has 1 N–H and O–H groups in total. The van der Waals surface area contributed by atoms with Crippen LogP contribution in [-0.4, -0.2) is 24.1 Å². The van der Waals surface area contributed by atoms with Gasteiger partial charge in [0.05, 0.1) is 0 Å². The number of hydrogen-bond acceptors (Lipinski definition) is 2. The number of hydrogen-bond donors (Lipinski definition) is 1. The van der Waals surface area contributed by atoms with E-state index in [9.17, 15) is 0 Å². The average molecular weight is 243 g/mol. The quantitative estimate of drug-likeness (QED) is 0.723. The first kappa shape index (κ1) is 14.4. The second kappa shape index (κ2) is 8.41. The van der Waals surface area contributed by atoms with Gasteiger partial charge in [-0.3, -0.25) is 0 Å². The molecule has 0 aromatic carbocycles. The minimum atomic E-state index is 0.731. The SMILES string of the molecule is CNC(CCC(C)C)CSC1CCCCC1. The van der Waals surface area contributed by atoms with Crippen LogP contribution < -0.4 is 5.32 Å². The predicted octanol–water partition coefficient (Wildman–Crippen LogP) is 4.08. The summed E-state index contributed by atoms with van der Waals surface area (Å²) in [6.45, 7) is 4.64. The fourth-order valence-electron chi connectivity index (χ4n) is 2.33. The molecule has 1 aliphatic carbocycles. The molecule has 0 spiro atoms. The molecular weight excluding hydrogens is 214 g/mol. The normalized spacial score (nSPS) is 20.2. The van der Waals surface area contributed by atoms with Gasteiger partial charge < -0.3 is 5.32 Å². The molecule has 1 unspecified atom stereocenters. The zero-order valence-corrected chi connectivity index (χ0v) is 12.1. The van der Waals surface area contributed by atoms with E-state index in [1.165, 1.54) is 50.7 Å². The highest BCUT2D eigenvalue weighted by molar-refractivity contribution is 7.99. The van der Waals surface area contributed by atoms with Gasteiger partial charge in [0.25, 0.3) is 0 Å². The molecule has 0 radical (unpaired) electrons. The third kappa shape index (κ3) is 6.15. The van der Waals surface area contributed by atoms with Crippen molar-refractivity contribution in [3.05, 3.63) is 0 Å². The van der Waals surface area contributed by atoms with Crippen LogP contribution in [0.4, 0.5) is 0 Å². The molecule has 16 heavy (non-hydrogen) atoms. The minimum Gasteiger partial charge on any atom is -0.316 e. The van der Waals surface area contributed by atoms with Gasteiger partial charge in [0, 0.05) is 17.0 Å². The van der Waals surface area contributed by atoms with E-state index in [0.717, 1.165) is 17.2 Å². The van der Waals surface area contributed by atoms with Gasteiger partial charge in [0.1, 0.15) is 0 Å². The van der Waals surface area contributed by atoms with Crippen molar-refractivity contribution < 1.29 is 0 Å². The lowest BCUT2D eigenvalue weighted by molar-refractivity contribution is 0.476. The first-order chi connectivity index (χ1) is 7.72. The lowest BCUT2D eigenvalue weighted by Crippen LogP contribution is -2.29. The molecule has 1 nitrogen and oxygen atoms in total. The number of thioether (sulfide) groups is 1. The Morgan fingerprint density at radius 1 is 1.12 bits per heavy atom. The first-order valence-electron chi connectivity index (χ1n) is 7.01. The highest BCUT2D eigenvalue weighted by Crippen LogP contribution is 2.29. The number of rotatable bonds is 7. The molecule has 0 aromatic heterocycles. The van der Waals surface area contributed by atoms with Gasteiger partial charge in [0.2, 0.25) is 0 Å². The van der Waals surface area contributed by atoms with Crippen LogP contribution in [0.15, 0.2) is 0 Å². The third-order valence-electron chi connectivity index (χ3n) is 3.59. The van der Waals surface area contributed by atoms with Gasteiger partial charge in [-0.05, 0) is 38.6 Å². The summed E-state index contributed by atoms with van der Waals surface area (Å²) in [4.78, 5) is 0. The molecule has 0 aliphatic heterocycles. The second-order valence-electron chi connectivity index (χ2n) is 5.55. The van der Waals surface area contributed by atoms with Gasteiger partial charge in [-0.2, -0.15) is 11.8 Å². The van der Waals surface area contributed by atoms with E-state index in [1.807, 2.05) is 0 Å². The topological polar surface area (TPSA) is 12.0 Å². The van der Waals surface area contributed by atoms with Crippen LogP contribution in [0.2, 0.25) is 0 Å². The zero-order chi connectivity index (χ0) is 11.8. The molecule has 1 aliphatic rings. The fourth-order valence-corrected chi connectivity index (χ4v) is 3.83. The zero-order valence-electron chi connectivity index (χ0n) is 11.3. The van der Waals surface area contributed by atoms with Crippen molar-refractivity contribution in [1.29, 1.82) is 0 Å². The van der Waals surface area contributed by atoms with Crippen molar-refractivity contribution in [3.8, 4) is 0 Å². The van der Waals surface area contributed by atoms with Gasteiger partial charge in [-0.1, -0.05) is 33.1 Å². The maximum atomic E-state index is 3.48. The molecule has 96 valence electrons. The van der Waals surface area contributed by atoms with Crippen LogP contribution in [0, 0.1) is 5.92 Å². The highest BCUT2D eigenvalue weighted by Gasteiger charge is 2.16. The van der Waals surface area contributed by atoms with Crippen molar-refractivity contribution in [2.45, 2.75) is 70.1 Å². The molecule has 0 saturated heterocycles. The second-order valence-corrected chi connectivity index (χ2v) is 6.88. The van der Waals surface area contributed by atoms with Crippen LogP contribution in [-0.2, 0) is 0 Å². The Morgan fingerprint density at radius 2 is 1.81 bits per heavy atom. The standard InChI is InChI=1S/C14H29NS/c1-12(2)9-10-13(15-3)11-16-14-7-5-4-6-8-14/h12-15H,4-11H2,1-3H3. The van der Waals surface area contributed by atoms with Crippen molar-refractivity contribution in [1.82, 2.24) is 5.32 Å². The van der Waals surface area contributed by atoms with Crippen molar-refractivity contribution in [3.63, 3.8) is 0 Å². The summed E-state index contributed by atoms with van der Waals surface area (Å²) in [7, 11) is 2.12. The van der Waals surface area contributed by atoms with Crippen molar-refractivity contribution in [2.24, 2.45) is 5.92 Å². The summed E-state index contributed by atoms with van der Waals surface area (Å²) in [6, 6.07) is 0.731. The van der Waals surface area contributed by atoms with Crippen LogP contribution >= 0.6 is 11.8 Å². The van der Waals surface area contributed by atoms with Gasteiger partial charge in [0.15, 0.2) is 0 Å². The Labute approximate surface area is 106 Å². The van der Waals surface area contributed by atoms with E-state index in [-0.39, 0.29) is 0 Å². The maximum Gasteiger partial charge on any atom is 0.0155 e. The van der Waals surface area contributed by atoms with Gasteiger partial charge in [-0.15, -0.1) is 0 Å². The van der Waals surface area contributed by atoms with E-state index < -0.39 is 0 Å². The Balaban J connectivity index is 2.11. The molecule has 0 heterocycles. The van der Waals surface area contributed by atoms with E-state index in [1.54, 1.807) is 0 Å². The molecular formula is C14H29NS. The fraction of sp³-hybridized carbons (Fsp3) is 1.00. The summed E-state index contributed by atoms with van der Waals surface area (Å²) in [5.41, 5.74) is 0. The average Bonchev–Trinajstić information content (AvgIpc) is 2.30. The number of nitrogens with one attached hydrogen (secondary N) is 1. The van der Waals surface area contributed by atoms with E-state index in [4.69, 9.17) is 0 Å². The van der Waals surface area contributed by atoms with Crippen LogP contribution in [0.3, 0.4) is 0 Å². The summed E-state index contributed by atoms with van der Waals surface area (Å²) in [5, 5.41) is 4.44. The maximum absolute atomic E-state index is 3.48. The van der Waals surface area contributed by atoms with Crippen LogP contribution in [0.5, 0.6) is 0 Å². The molecule has 0 bridgehead atoms. The van der Waals surface area contributed by atoms with Gasteiger partial charge in [-0.25, -0.2) is 0 Å². The molecule has 0 amide bonds. The summed E-state index contributed by atoms with van der Waals surface area (Å²) in [6.07, 6.45) is 10.0. The van der Waals surface area contributed by atoms with E-state index in [2.05, 4.69) is 38.0 Å². The molecule has 1 rings (SSSR count). The lowest BCUT2D eigenvalue weighted by atomic mass is 10.0. The summed E-state index contributed by atoms with van der Waals surface area (Å²) >= 11 is 2.22. The molecule has 1 saturated carbocycles. The Hall–Kier alpha value is 0.310. The van der Waals surface area contributed by atoms with E-state index >= 15 is 0 Å². The Kier molecular flexibility index (Phi) is 7.55. The molecule has 2 heteroatoms. The molecule has 0 aromatic rings. The third-order valence-corrected chi connectivity index (χ3v) is 5.12. The van der Waals surface area contributed by atoms with Crippen molar-refractivity contribution >= 4 is 11.8 Å². The largest absolute Gasteiger partial charge is 0.316 e. The first-order valence-corrected chi connectivity index (χ1v) is 8.06. The van der Waals surface area contributed by atoms with Gasteiger partial charge >= 0.3 is 0 Å². The smallest absolute Gasteiger partial charge is 0.0155 e. The van der Waals surface area contributed by atoms with E-state index in [0.29, 0.717) is 0 Å². The predicted molar refractivity (Wildman–Crippen MR) is 76.3 cm³/mol. The minimum absolute atomic E-state index is 0.731. The van der Waals surface area contributed by atoms with Crippen LogP contribution in [0.25, 0.3) is 0 Å². The monoisotopic (exact) mass is 243 g/mol. The highest BCUT2D eigenvalue weighted by atomic mass is 32.2.